The summed E-state index contributed by atoms with van der Waals surface area (Å²) in [4.78, 5) is 28.9. The van der Waals surface area contributed by atoms with E-state index in [2.05, 4.69) is 194 Å². The first-order valence-electron chi connectivity index (χ1n) is 30.7. The fourth-order valence-corrected chi connectivity index (χ4v) is 27.4. The van der Waals surface area contributed by atoms with Crippen molar-refractivity contribution in [1.29, 1.82) is 0 Å². The van der Waals surface area contributed by atoms with Crippen molar-refractivity contribution in [3.63, 3.8) is 0 Å². The van der Waals surface area contributed by atoms with Crippen molar-refractivity contribution in [2.75, 3.05) is 0 Å². The van der Waals surface area contributed by atoms with Crippen LogP contribution in [-0.2, 0) is 36.5 Å². The van der Waals surface area contributed by atoms with Crippen molar-refractivity contribution in [2.45, 2.75) is 133 Å². The monoisotopic (exact) mass is 1320 g/mol. The van der Waals surface area contributed by atoms with Gasteiger partial charge in [0.25, 0.3) is 0 Å². The van der Waals surface area contributed by atoms with Gasteiger partial charge in [0.05, 0.1) is 0 Å². The van der Waals surface area contributed by atoms with Crippen molar-refractivity contribution in [3.8, 4) is 102 Å². The van der Waals surface area contributed by atoms with E-state index in [9.17, 15) is 0 Å². The molecule has 0 saturated heterocycles. The highest BCUT2D eigenvalue weighted by Gasteiger charge is 2.47. The van der Waals surface area contributed by atoms with Crippen LogP contribution in [0.2, 0.25) is 0 Å². The second-order valence-electron chi connectivity index (χ2n) is 26.5. The average molecular weight is 1320 g/mol. The van der Waals surface area contributed by atoms with Gasteiger partial charge in [0, 0.05) is 108 Å². The Bertz CT molecular complexity index is 4840. The van der Waals surface area contributed by atoms with Gasteiger partial charge in [0.1, 0.15) is 0 Å². The Balaban J connectivity index is 0.000000103. The van der Waals surface area contributed by atoms with E-state index in [1.54, 1.807) is 44.5 Å². The second-order valence-corrected chi connectivity index (χ2v) is 38.4. The van der Waals surface area contributed by atoms with E-state index in [1.165, 1.54) is 175 Å². The molecule has 0 aliphatic heterocycles. The molecule has 0 nitrogen and oxygen atoms in total. The third-order valence-corrected chi connectivity index (χ3v) is 31.7. The van der Waals surface area contributed by atoms with Gasteiger partial charge in [-0.2, -0.15) is 0 Å². The van der Waals surface area contributed by atoms with Gasteiger partial charge in [-0.05, 0) is 314 Å². The van der Waals surface area contributed by atoms with E-state index in [1.807, 2.05) is 113 Å². The minimum atomic E-state index is 0.0957. The molecule has 10 heteroatoms. The maximum Gasteiger partial charge on any atom is 0.0452 e. The quantitative estimate of drug-likeness (QED) is 0.165. The van der Waals surface area contributed by atoms with Gasteiger partial charge in [-0.25, -0.2) is 0 Å². The normalized spacial score (nSPS) is 14.7. The molecule has 13 aromatic rings. The summed E-state index contributed by atoms with van der Waals surface area (Å²) in [5.41, 5.74) is 33.9. The molecule has 0 radical (unpaired) electrons. The van der Waals surface area contributed by atoms with Crippen LogP contribution in [0.15, 0.2) is 97.1 Å². The topological polar surface area (TPSA) is 0 Å². The van der Waals surface area contributed by atoms with Gasteiger partial charge >= 0.3 is 0 Å². The molecule has 0 fully saturated rings. The predicted molar refractivity (Wildman–Crippen MR) is 395 cm³/mol. The molecule has 0 amide bonds. The van der Waals surface area contributed by atoms with Gasteiger partial charge in [-0.1, -0.05) is 27.7 Å². The molecule has 10 heterocycles. The number of benzene rings is 3. The summed E-state index contributed by atoms with van der Waals surface area (Å²) in [5.74, 6) is 0. The van der Waals surface area contributed by atoms with Crippen LogP contribution in [0.3, 0.4) is 0 Å². The molecule has 0 saturated carbocycles. The fraction of sp³-hybridized carbons (Fsp3) is 0.256. The summed E-state index contributed by atoms with van der Waals surface area (Å²) in [6.45, 7) is 32.5. The smallest absolute Gasteiger partial charge is 0.0452 e. The first-order valence-corrected chi connectivity index (χ1v) is 38.8. The minimum Gasteiger partial charge on any atom is -0.140 e. The average Bonchev–Trinajstić information content (AvgIpc) is 1.52. The Kier molecular flexibility index (Phi) is 12.9. The molecule has 0 atom stereocenters. The van der Waals surface area contributed by atoms with Crippen LogP contribution < -0.4 is 0 Å². The number of thiophene rings is 10. The molecule has 19 rings (SSSR count). The Hall–Kier alpha value is -5.34. The maximum atomic E-state index is 2.50. The van der Waals surface area contributed by atoms with Crippen molar-refractivity contribution in [3.05, 3.63) is 215 Å². The molecule has 6 aliphatic carbocycles. The molecular weight excluding hydrogens is 1260 g/mol. The van der Waals surface area contributed by atoms with E-state index < -0.39 is 0 Å². The Morgan fingerprint density at radius 1 is 0.261 bits per heavy atom. The summed E-state index contributed by atoms with van der Waals surface area (Å²) in [6.07, 6.45) is 4.33. The second kappa shape index (κ2) is 20.1. The molecule has 438 valence electrons. The van der Waals surface area contributed by atoms with E-state index in [4.69, 9.17) is 0 Å². The van der Waals surface area contributed by atoms with Crippen molar-refractivity contribution in [2.24, 2.45) is 0 Å². The number of hydrogen-bond acceptors (Lipinski definition) is 10. The SMILES string of the molecule is Cc1cc2c(s1)-c1c(C)c3c(c(C)c1C2(C)C)-c1sc(C)cc1C3(C)C.Cc1ccc(-c2cc3c(s2)-c2c(C)c4c(c(C)c2C3)-c2sc(-c3ccc(C)s3)cc2C4)s1.Cc1ccc(-c2cc3c(s2)-c2cc4c(cc2C3)-c2sc(-c3ccc(C)s3)cc2C4)s1. The van der Waals surface area contributed by atoms with E-state index in [-0.39, 0.29) is 10.8 Å². The standard InChI is InChI=1S/C28H22S4.C26H18S4.C24H26S2/c1-13-5-7-21(29-13)23-11-17-9-19-16(4)26-20(15(3)25(19)27(17)31-23)10-18-12-24(32-28(18)26)22-8-6-14(2)30-22;1-13-3-5-21(27-13)23-11-17-7-15-10-20-16(9-19(15)25(17)29-23)8-18-12-24(30-26(18)20)22-6-4-14(2)28-22;1-11-9-15-21(25-11)17-13(3)20-18(14(4)19(17)23(15,5)6)22-16(24(20,7)8)10-12(2)26-22/h5-8,11-12H,9-10H2,1-4H3;3-6,9-12H,7-8H2,1-2H3;9-10H,1-8H3. The molecule has 88 heavy (non-hydrogen) atoms. The third kappa shape index (κ3) is 8.41. The van der Waals surface area contributed by atoms with Crippen LogP contribution in [0.25, 0.3) is 102 Å². The summed E-state index contributed by atoms with van der Waals surface area (Å²) in [6, 6.07) is 37.7. The molecule has 0 N–H and O–H groups in total. The maximum absolute atomic E-state index is 2.50. The number of fused-ring (bicyclic) bond motifs is 18. The van der Waals surface area contributed by atoms with Gasteiger partial charge in [0.15, 0.2) is 0 Å². The van der Waals surface area contributed by atoms with Gasteiger partial charge in [0.2, 0.25) is 0 Å². The number of aryl methyl sites for hydroxylation is 6. The highest BCUT2D eigenvalue weighted by molar-refractivity contribution is 7.26. The lowest BCUT2D eigenvalue weighted by Crippen LogP contribution is -2.20. The van der Waals surface area contributed by atoms with E-state index >= 15 is 0 Å². The zero-order valence-electron chi connectivity index (χ0n) is 52.1. The Labute approximate surface area is 558 Å². The van der Waals surface area contributed by atoms with Crippen LogP contribution >= 0.6 is 113 Å². The van der Waals surface area contributed by atoms with Crippen LogP contribution in [0.4, 0.5) is 0 Å². The zero-order chi connectivity index (χ0) is 60.5. The van der Waals surface area contributed by atoms with Crippen LogP contribution in [0.5, 0.6) is 0 Å². The van der Waals surface area contributed by atoms with E-state index in [0.29, 0.717) is 0 Å². The van der Waals surface area contributed by atoms with Gasteiger partial charge in [-0.15, -0.1) is 113 Å². The number of rotatable bonds is 4. The zero-order valence-corrected chi connectivity index (χ0v) is 60.3. The summed E-state index contributed by atoms with van der Waals surface area (Å²) in [5, 5.41) is 0. The Morgan fingerprint density at radius 2 is 0.580 bits per heavy atom. The Morgan fingerprint density at radius 3 is 0.898 bits per heavy atom. The van der Waals surface area contributed by atoms with Crippen molar-refractivity contribution in [1.82, 2.24) is 0 Å². The van der Waals surface area contributed by atoms with Crippen LogP contribution in [0, 0.1) is 69.2 Å². The lowest BCUT2D eigenvalue weighted by molar-refractivity contribution is 0.645. The molecule has 0 unspecified atom stereocenters. The number of hydrogen-bond donors (Lipinski definition) is 0. The molecule has 10 aromatic heterocycles. The predicted octanol–water partition coefficient (Wildman–Crippen LogP) is 26.3. The minimum absolute atomic E-state index is 0.0957. The van der Waals surface area contributed by atoms with E-state index in [0.717, 1.165) is 25.7 Å². The first-order chi connectivity index (χ1) is 42.2. The largest absolute Gasteiger partial charge is 0.140 e. The summed E-state index contributed by atoms with van der Waals surface area (Å²) >= 11 is 19.6. The third-order valence-electron chi connectivity index (χ3n) is 20.0. The molecule has 6 aliphatic rings. The van der Waals surface area contributed by atoms with Crippen LogP contribution in [0.1, 0.15) is 146 Å². The molecule has 3 aromatic carbocycles. The lowest BCUT2D eigenvalue weighted by atomic mass is 9.74. The van der Waals surface area contributed by atoms with Crippen molar-refractivity contribution >= 4 is 113 Å². The molecule has 0 bridgehead atoms. The summed E-state index contributed by atoms with van der Waals surface area (Å²) < 4.78 is 0. The highest BCUT2D eigenvalue weighted by Crippen LogP contribution is 2.63. The van der Waals surface area contributed by atoms with Crippen molar-refractivity contribution < 1.29 is 0 Å². The fourth-order valence-electron chi connectivity index (χ4n) is 16.0. The highest BCUT2D eigenvalue weighted by atomic mass is 32.1. The summed E-state index contributed by atoms with van der Waals surface area (Å²) in [7, 11) is 0. The lowest BCUT2D eigenvalue weighted by Gasteiger charge is -2.29. The van der Waals surface area contributed by atoms with Gasteiger partial charge < -0.3 is 0 Å². The van der Waals surface area contributed by atoms with Gasteiger partial charge in [-0.3, -0.25) is 0 Å². The van der Waals surface area contributed by atoms with Crippen LogP contribution in [-0.4, -0.2) is 0 Å². The molecule has 0 spiro atoms. The molecular formula is C78H66S10. The first kappa shape index (κ1) is 56.6.